The summed E-state index contributed by atoms with van der Waals surface area (Å²) < 4.78 is 5.53. The third-order valence-electron chi connectivity index (χ3n) is 2.11. The summed E-state index contributed by atoms with van der Waals surface area (Å²) >= 11 is 6.47. The lowest BCUT2D eigenvalue weighted by Crippen LogP contribution is -2.12. The predicted octanol–water partition coefficient (Wildman–Crippen LogP) is 3.59. The van der Waals surface area contributed by atoms with Crippen molar-refractivity contribution in [2.75, 3.05) is 6.61 Å². The number of rotatable bonds is 4. The Bertz CT molecular complexity index is 441. The van der Waals surface area contributed by atoms with Crippen LogP contribution in [-0.4, -0.2) is 23.2 Å². The Labute approximate surface area is 117 Å². The summed E-state index contributed by atoms with van der Waals surface area (Å²) in [6.45, 7) is 3.79. The Morgan fingerprint density at radius 2 is 2.06 bits per heavy atom. The van der Waals surface area contributed by atoms with Crippen LogP contribution in [0.5, 0.6) is 0 Å². The zero-order valence-electron chi connectivity index (χ0n) is 9.50. The number of ketones is 1. The Morgan fingerprint density at radius 3 is 2.59 bits per heavy atom. The maximum absolute atomic E-state index is 11.8. The van der Waals surface area contributed by atoms with Crippen LogP contribution in [0.3, 0.4) is 0 Å². The van der Waals surface area contributed by atoms with E-state index in [0.717, 1.165) is 0 Å². The first-order chi connectivity index (χ1) is 7.97. The lowest BCUT2D eigenvalue weighted by Gasteiger charge is -2.07. The monoisotopic (exact) mass is 362 g/mol. The van der Waals surface area contributed by atoms with Crippen molar-refractivity contribution in [3.8, 4) is 0 Å². The van der Waals surface area contributed by atoms with E-state index >= 15 is 0 Å². The summed E-state index contributed by atoms with van der Waals surface area (Å²) in [6.07, 6.45) is 0. The number of benzene rings is 1. The minimum absolute atomic E-state index is 0.0666. The molecule has 0 aliphatic heterocycles. The highest BCUT2D eigenvalue weighted by Gasteiger charge is 2.17. The third kappa shape index (κ3) is 3.64. The fourth-order valence-electron chi connectivity index (χ4n) is 1.27. The van der Waals surface area contributed by atoms with Crippen LogP contribution in [0, 0.1) is 0 Å². The molecule has 3 nitrogen and oxygen atoms in total. The van der Waals surface area contributed by atoms with Crippen LogP contribution in [0.4, 0.5) is 0 Å². The number of esters is 1. The van der Waals surface area contributed by atoms with Gasteiger partial charge in [-0.15, -0.1) is 0 Å². The molecule has 1 unspecified atom stereocenters. The normalized spacial score (nSPS) is 12.0. The lowest BCUT2D eigenvalue weighted by atomic mass is 10.1. The number of ether oxygens (including phenoxy) is 1. The Morgan fingerprint density at radius 1 is 1.41 bits per heavy atom. The van der Waals surface area contributed by atoms with E-state index in [1.165, 1.54) is 0 Å². The Kier molecular flexibility index (Phi) is 5.33. The number of carbonyl (C=O) groups is 2. The Hall–Kier alpha value is -0.680. The minimum Gasteiger partial charge on any atom is -0.462 e. The van der Waals surface area contributed by atoms with Crippen LogP contribution in [-0.2, 0) is 4.74 Å². The molecule has 0 aliphatic rings. The molecule has 17 heavy (non-hydrogen) atoms. The Balaban J connectivity index is 3.10. The number of alkyl halides is 1. The molecule has 0 amide bonds. The molecule has 1 aromatic rings. The zero-order chi connectivity index (χ0) is 13.0. The molecule has 0 bridgehead atoms. The van der Waals surface area contributed by atoms with Gasteiger partial charge in [-0.25, -0.2) is 4.79 Å². The van der Waals surface area contributed by atoms with Crippen LogP contribution < -0.4 is 0 Å². The van der Waals surface area contributed by atoms with E-state index in [4.69, 9.17) is 4.74 Å². The SMILES string of the molecule is CCOC(=O)c1cc(C(=O)C(C)Br)ccc1Br. The number of Topliss-reactive ketones (excluding diaryl/α,β-unsaturated/α-hetero) is 1. The van der Waals surface area contributed by atoms with Gasteiger partial charge < -0.3 is 4.74 Å². The van der Waals surface area contributed by atoms with Crippen LogP contribution in [0.2, 0.25) is 0 Å². The van der Waals surface area contributed by atoms with E-state index in [0.29, 0.717) is 22.2 Å². The van der Waals surface area contributed by atoms with E-state index in [1.807, 2.05) is 0 Å². The van der Waals surface area contributed by atoms with Gasteiger partial charge in [-0.2, -0.15) is 0 Å². The van der Waals surface area contributed by atoms with Crippen LogP contribution >= 0.6 is 31.9 Å². The van der Waals surface area contributed by atoms with Gasteiger partial charge in [0.2, 0.25) is 0 Å². The van der Waals surface area contributed by atoms with Gasteiger partial charge in [0.05, 0.1) is 17.0 Å². The third-order valence-corrected chi connectivity index (χ3v) is 3.21. The van der Waals surface area contributed by atoms with Gasteiger partial charge in [-0.05, 0) is 41.9 Å². The molecule has 0 saturated heterocycles. The van der Waals surface area contributed by atoms with Crippen molar-refractivity contribution in [1.29, 1.82) is 0 Å². The lowest BCUT2D eigenvalue weighted by molar-refractivity contribution is 0.0525. The molecule has 0 saturated carbocycles. The van der Waals surface area contributed by atoms with E-state index in [2.05, 4.69) is 31.9 Å². The molecular weight excluding hydrogens is 352 g/mol. The minimum atomic E-state index is -0.434. The van der Waals surface area contributed by atoms with Crippen LogP contribution in [0.15, 0.2) is 22.7 Å². The second-order valence-electron chi connectivity index (χ2n) is 3.40. The van der Waals surface area contributed by atoms with E-state index in [-0.39, 0.29) is 10.6 Å². The molecule has 1 atom stereocenters. The first-order valence-corrected chi connectivity index (χ1v) is 6.83. The van der Waals surface area contributed by atoms with E-state index < -0.39 is 5.97 Å². The molecule has 1 rings (SSSR count). The van der Waals surface area contributed by atoms with Crippen molar-refractivity contribution in [2.45, 2.75) is 18.7 Å². The zero-order valence-corrected chi connectivity index (χ0v) is 12.7. The molecule has 0 fully saturated rings. The summed E-state index contributed by atoms with van der Waals surface area (Å²) in [7, 11) is 0. The molecule has 0 aromatic heterocycles. The predicted molar refractivity (Wildman–Crippen MR) is 72.8 cm³/mol. The molecule has 1 aromatic carbocycles. The topological polar surface area (TPSA) is 43.4 Å². The largest absolute Gasteiger partial charge is 0.462 e. The summed E-state index contributed by atoms with van der Waals surface area (Å²) in [5, 5.41) is 0. The smallest absolute Gasteiger partial charge is 0.339 e. The average Bonchev–Trinajstić information content (AvgIpc) is 2.28. The van der Waals surface area contributed by atoms with Gasteiger partial charge in [-0.1, -0.05) is 22.0 Å². The summed E-state index contributed by atoms with van der Waals surface area (Å²) in [6, 6.07) is 4.89. The molecule has 0 radical (unpaired) electrons. The summed E-state index contributed by atoms with van der Waals surface area (Å²) in [4.78, 5) is 23.1. The number of hydrogen-bond donors (Lipinski definition) is 0. The molecule has 0 spiro atoms. The second-order valence-corrected chi connectivity index (χ2v) is 5.62. The van der Waals surface area contributed by atoms with Crippen molar-refractivity contribution in [3.63, 3.8) is 0 Å². The second kappa shape index (κ2) is 6.31. The maximum Gasteiger partial charge on any atom is 0.339 e. The van der Waals surface area contributed by atoms with Gasteiger partial charge in [0.15, 0.2) is 5.78 Å². The fraction of sp³-hybridized carbons (Fsp3) is 0.333. The highest BCUT2D eigenvalue weighted by molar-refractivity contribution is 9.10. The van der Waals surface area contributed by atoms with Crippen LogP contribution in [0.25, 0.3) is 0 Å². The molecule has 0 aliphatic carbocycles. The van der Waals surface area contributed by atoms with Crippen molar-refractivity contribution < 1.29 is 14.3 Å². The first-order valence-electron chi connectivity index (χ1n) is 5.12. The molecular formula is C12H12Br2O3. The highest BCUT2D eigenvalue weighted by Crippen LogP contribution is 2.21. The standard InChI is InChI=1S/C12H12Br2O3/c1-3-17-12(16)9-6-8(4-5-10(9)14)11(15)7(2)13/h4-7H,3H2,1-2H3. The summed E-state index contributed by atoms with van der Waals surface area (Å²) in [5.41, 5.74) is 0.853. The van der Waals surface area contributed by atoms with Gasteiger partial charge >= 0.3 is 5.97 Å². The fourth-order valence-corrected chi connectivity index (χ4v) is 1.95. The first kappa shape index (κ1) is 14.4. The van der Waals surface area contributed by atoms with Crippen LogP contribution in [0.1, 0.15) is 34.6 Å². The van der Waals surface area contributed by atoms with Crippen molar-refractivity contribution in [1.82, 2.24) is 0 Å². The highest BCUT2D eigenvalue weighted by atomic mass is 79.9. The van der Waals surface area contributed by atoms with Gasteiger partial charge in [0.1, 0.15) is 0 Å². The van der Waals surface area contributed by atoms with E-state index in [9.17, 15) is 9.59 Å². The van der Waals surface area contributed by atoms with Gasteiger partial charge in [0.25, 0.3) is 0 Å². The molecule has 5 heteroatoms. The van der Waals surface area contributed by atoms with Gasteiger partial charge in [-0.3, -0.25) is 4.79 Å². The van der Waals surface area contributed by atoms with Gasteiger partial charge in [0, 0.05) is 10.0 Å². The molecule has 92 valence electrons. The van der Waals surface area contributed by atoms with Crippen molar-refractivity contribution in [2.24, 2.45) is 0 Å². The quantitative estimate of drug-likeness (QED) is 0.466. The molecule has 0 N–H and O–H groups in total. The van der Waals surface area contributed by atoms with E-state index in [1.54, 1.807) is 32.0 Å². The maximum atomic E-state index is 11.8. The molecule has 0 heterocycles. The van der Waals surface area contributed by atoms with Crippen molar-refractivity contribution >= 4 is 43.6 Å². The number of hydrogen-bond acceptors (Lipinski definition) is 3. The average molecular weight is 364 g/mol. The summed E-state index contributed by atoms with van der Waals surface area (Å²) in [5.74, 6) is -0.501. The number of halogens is 2. The number of carbonyl (C=O) groups excluding carboxylic acids is 2. The van der Waals surface area contributed by atoms with Crippen molar-refractivity contribution in [3.05, 3.63) is 33.8 Å².